The third-order valence-electron chi connectivity index (χ3n) is 7.70. The fourth-order valence-corrected chi connectivity index (χ4v) is 5.41. The largest absolute Gasteiger partial charge is 0.550 e. The highest BCUT2D eigenvalue weighted by Crippen LogP contribution is 2.29. The molecule has 0 aliphatic carbocycles. The van der Waals surface area contributed by atoms with Crippen LogP contribution in [-0.2, 0) is 4.79 Å². The molecule has 3 aromatic rings. The Kier molecular flexibility index (Phi) is 14.1. The number of benzene rings is 1. The van der Waals surface area contributed by atoms with Gasteiger partial charge in [0.25, 0.3) is 5.91 Å². The van der Waals surface area contributed by atoms with Gasteiger partial charge >= 0.3 is 0 Å². The van der Waals surface area contributed by atoms with Crippen molar-refractivity contribution in [3.8, 4) is 0 Å². The summed E-state index contributed by atoms with van der Waals surface area (Å²) < 4.78 is 0. The van der Waals surface area contributed by atoms with Gasteiger partial charge in [-0.05, 0) is 73.7 Å². The average Bonchev–Trinajstić information content (AvgIpc) is 3.00. The molecule has 0 radical (unpaired) electrons. The summed E-state index contributed by atoms with van der Waals surface area (Å²) in [4.78, 5) is 33.4. The van der Waals surface area contributed by atoms with Crippen LogP contribution in [0.25, 0.3) is 6.08 Å². The first-order valence-electron chi connectivity index (χ1n) is 15.1. The molecule has 1 saturated heterocycles. The molecule has 43 heavy (non-hydrogen) atoms. The van der Waals surface area contributed by atoms with E-state index in [9.17, 15) is 14.7 Å². The Balaban J connectivity index is 0.000000436. The molecule has 4 rings (SSSR count). The average molecular weight is 626 g/mol. The third-order valence-corrected chi connectivity index (χ3v) is 8.16. The molecule has 3 heterocycles. The SMILES string of the molecule is CCCCC(CC)C(=O)[O-].Cc1ccc(NC(=O)c2ccnc(Cl)c2)c(C2CC[NH+](C/C=C/c3ccc(Cl)cc3)CC2)n1. The van der Waals surface area contributed by atoms with Crippen LogP contribution in [0, 0.1) is 12.8 Å². The first-order chi connectivity index (χ1) is 20.7. The van der Waals surface area contributed by atoms with Crippen molar-refractivity contribution in [2.75, 3.05) is 25.0 Å². The highest BCUT2D eigenvalue weighted by molar-refractivity contribution is 6.30. The molecule has 1 aromatic carbocycles. The second-order valence-electron chi connectivity index (χ2n) is 11.0. The molecule has 1 unspecified atom stereocenters. The second-order valence-corrected chi connectivity index (χ2v) is 11.8. The lowest BCUT2D eigenvalue weighted by molar-refractivity contribution is -0.899. The molecule has 7 nitrogen and oxygen atoms in total. The first kappa shape index (κ1) is 34.2. The number of piperidine rings is 1. The normalized spacial score (nSPS) is 17.1. The smallest absolute Gasteiger partial charge is 0.255 e. The molecule has 230 valence electrons. The number of carbonyl (C=O) groups excluding carboxylic acids is 2. The number of carboxylic acid groups (broad SMARTS) is 1. The molecule has 0 spiro atoms. The van der Waals surface area contributed by atoms with Crippen LogP contribution in [-0.4, -0.2) is 41.5 Å². The van der Waals surface area contributed by atoms with E-state index < -0.39 is 5.97 Å². The predicted molar refractivity (Wildman–Crippen MR) is 173 cm³/mol. The van der Waals surface area contributed by atoms with E-state index in [1.165, 1.54) is 6.20 Å². The standard InChI is InChI=1S/C26H26Cl2N4O.C8H16O2/c1-18-4-9-23(31-26(33)21-10-13-29-24(28)17-21)25(30-18)20-11-15-32(16-12-20)14-2-3-19-5-7-22(27)8-6-19;1-3-5-6-7(4-2)8(9)10/h2-10,13,17,20H,11-12,14-16H2,1H3,(H,31,33);7H,3-6H2,1-2H3,(H,9,10)/b3-2+;. The predicted octanol–water partition coefficient (Wildman–Crippen LogP) is 5.77. The van der Waals surface area contributed by atoms with Gasteiger partial charge in [0.15, 0.2) is 0 Å². The summed E-state index contributed by atoms with van der Waals surface area (Å²) in [5.74, 6) is -0.997. The Bertz CT molecular complexity index is 1360. The Labute approximate surface area is 265 Å². The Morgan fingerprint density at radius 2 is 1.81 bits per heavy atom. The molecule has 1 fully saturated rings. The number of likely N-dealkylation sites (tertiary alicyclic amines) is 1. The second kappa shape index (κ2) is 17.8. The number of carbonyl (C=O) groups is 2. The number of pyridine rings is 2. The summed E-state index contributed by atoms with van der Waals surface area (Å²) in [5.41, 5.74) is 4.34. The van der Waals surface area contributed by atoms with Gasteiger partial charge < -0.3 is 20.1 Å². The maximum atomic E-state index is 12.7. The third kappa shape index (κ3) is 11.4. The van der Waals surface area contributed by atoms with E-state index in [0.717, 1.165) is 79.4 Å². The van der Waals surface area contributed by atoms with E-state index in [4.69, 9.17) is 28.2 Å². The summed E-state index contributed by atoms with van der Waals surface area (Å²) in [5, 5.41) is 14.4. The number of halogens is 2. The fourth-order valence-electron chi connectivity index (χ4n) is 5.11. The molecule has 1 aliphatic heterocycles. The van der Waals surface area contributed by atoms with Crippen molar-refractivity contribution in [2.24, 2.45) is 5.92 Å². The number of nitrogens with one attached hydrogen (secondary N) is 2. The van der Waals surface area contributed by atoms with Crippen molar-refractivity contribution in [3.63, 3.8) is 0 Å². The first-order valence-corrected chi connectivity index (χ1v) is 15.8. The molecular weight excluding hydrogens is 583 g/mol. The van der Waals surface area contributed by atoms with Gasteiger partial charge in [-0.1, -0.05) is 68.1 Å². The van der Waals surface area contributed by atoms with Gasteiger partial charge in [-0.15, -0.1) is 0 Å². The van der Waals surface area contributed by atoms with Crippen molar-refractivity contribution in [2.45, 2.75) is 65.2 Å². The number of amides is 1. The molecule has 0 bridgehead atoms. The van der Waals surface area contributed by atoms with Crippen LogP contribution < -0.4 is 15.3 Å². The van der Waals surface area contributed by atoms with E-state index in [2.05, 4.69) is 29.4 Å². The van der Waals surface area contributed by atoms with E-state index >= 15 is 0 Å². The highest BCUT2D eigenvalue weighted by Gasteiger charge is 2.26. The quantitative estimate of drug-likeness (QED) is 0.264. The monoisotopic (exact) mass is 624 g/mol. The zero-order valence-corrected chi connectivity index (χ0v) is 26.8. The molecule has 1 atom stereocenters. The number of hydrogen-bond acceptors (Lipinski definition) is 5. The Morgan fingerprint density at radius 3 is 2.44 bits per heavy atom. The number of unbranched alkanes of at least 4 members (excludes halogenated alkanes) is 1. The lowest BCUT2D eigenvalue weighted by atomic mass is 9.91. The van der Waals surface area contributed by atoms with Crippen LogP contribution >= 0.6 is 23.2 Å². The van der Waals surface area contributed by atoms with E-state index in [1.807, 2.05) is 50.2 Å². The number of aryl methyl sites for hydroxylation is 1. The Morgan fingerprint density at radius 1 is 1.09 bits per heavy atom. The fraction of sp³-hybridized carbons (Fsp3) is 0.412. The molecular formula is C34H42Cl2N4O3. The summed E-state index contributed by atoms with van der Waals surface area (Å²) >= 11 is 11.9. The van der Waals surface area contributed by atoms with Crippen LogP contribution in [0.3, 0.4) is 0 Å². The minimum atomic E-state index is -0.893. The van der Waals surface area contributed by atoms with E-state index in [-0.39, 0.29) is 11.8 Å². The number of quaternary nitrogens is 1. The number of carboxylic acids is 1. The minimum Gasteiger partial charge on any atom is -0.550 e. The molecule has 9 heteroatoms. The van der Waals surface area contributed by atoms with Gasteiger partial charge in [-0.25, -0.2) is 4.98 Å². The zero-order valence-electron chi connectivity index (χ0n) is 25.2. The van der Waals surface area contributed by atoms with Crippen LogP contribution in [0.15, 0.2) is 60.8 Å². The van der Waals surface area contributed by atoms with Gasteiger partial charge in [0.1, 0.15) is 5.15 Å². The van der Waals surface area contributed by atoms with Gasteiger partial charge in [-0.3, -0.25) is 9.78 Å². The number of aliphatic carboxylic acids is 1. The van der Waals surface area contributed by atoms with Crippen LogP contribution in [0.2, 0.25) is 10.2 Å². The maximum Gasteiger partial charge on any atom is 0.255 e. The lowest BCUT2D eigenvalue weighted by Gasteiger charge is -2.29. The number of nitrogens with zero attached hydrogens (tertiary/aromatic N) is 2. The van der Waals surface area contributed by atoms with Crippen LogP contribution in [0.5, 0.6) is 0 Å². The topological polar surface area (TPSA) is 99.4 Å². The van der Waals surface area contributed by atoms with Crippen molar-refractivity contribution in [1.82, 2.24) is 9.97 Å². The molecule has 2 N–H and O–H groups in total. The zero-order chi connectivity index (χ0) is 31.2. The molecule has 1 aliphatic rings. The van der Waals surface area contributed by atoms with Crippen molar-refractivity contribution >= 4 is 46.8 Å². The number of hydrogen-bond donors (Lipinski definition) is 2. The van der Waals surface area contributed by atoms with Crippen LogP contribution in [0.4, 0.5) is 5.69 Å². The van der Waals surface area contributed by atoms with Gasteiger partial charge in [0.05, 0.1) is 31.0 Å². The van der Waals surface area contributed by atoms with Crippen molar-refractivity contribution in [1.29, 1.82) is 0 Å². The summed E-state index contributed by atoms with van der Waals surface area (Å²) in [6.45, 7) is 9.05. The summed E-state index contributed by atoms with van der Waals surface area (Å²) in [7, 11) is 0. The van der Waals surface area contributed by atoms with Gasteiger partial charge in [0, 0.05) is 47.2 Å². The molecule has 2 aromatic heterocycles. The minimum absolute atomic E-state index is 0.207. The van der Waals surface area contributed by atoms with Gasteiger partial charge in [-0.2, -0.15) is 0 Å². The molecule has 1 amide bonds. The maximum absolute atomic E-state index is 12.7. The Hall–Kier alpha value is -3.26. The van der Waals surface area contributed by atoms with Crippen LogP contribution in [0.1, 0.15) is 85.6 Å². The number of rotatable bonds is 11. The number of aromatic nitrogens is 2. The van der Waals surface area contributed by atoms with E-state index in [0.29, 0.717) is 23.1 Å². The van der Waals surface area contributed by atoms with E-state index in [1.54, 1.807) is 17.0 Å². The highest BCUT2D eigenvalue weighted by atomic mass is 35.5. The van der Waals surface area contributed by atoms with Crippen molar-refractivity contribution in [3.05, 3.63) is 93.5 Å². The number of anilines is 1. The van der Waals surface area contributed by atoms with Gasteiger partial charge in [0.2, 0.25) is 0 Å². The summed E-state index contributed by atoms with van der Waals surface area (Å²) in [6.07, 6.45) is 11.5. The molecule has 0 saturated carbocycles. The summed E-state index contributed by atoms with van der Waals surface area (Å²) in [6, 6.07) is 15.0. The lowest BCUT2D eigenvalue weighted by Crippen LogP contribution is -3.12. The van der Waals surface area contributed by atoms with Crippen molar-refractivity contribution < 1.29 is 19.6 Å².